The monoisotopic (exact) mass is 347 g/mol. The van der Waals surface area contributed by atoms with E-state index in [0.29, 0.717) is 12.8 Å². The molecule has 1 amide bonds. The van der Waals surface area contributed by atoms with Crippen molar-refractivity contribution in [3.8, 4) is 0 Å². The lowest BCUT2D eigenvalue weighted by Gasteiger charge is -2.24. The summed E-state index contributed by atoms with van der Waals surface area (Å²) < 4.78 is 23.7. The second-order valence-electron chi connectivity index (χ2n) is 4.36. The molecule has 0 unspecified atom stereocenters. The Hall–Kier alpha value is -0.680. The van der Waals surface area contributed by atoms with Crippen LogP contribution in [0.2, 0.25) is 0 Å². The molecule has 0 bridgehead atoms. The van der Waals surface area contributed by atoms with Gasteiger partial charge >= 0.3 is 7.60 Å². The van der Waals surface area contributed by atoms with Crippen molar-refractivity contribution in [3.63, 3.8) is 0 Å². The Kier molecular flexibility index (Phi) is 4.16. The highest BCUT2D eigenvalue weighted by Crippen LogP contribution is 2.74. The number of carbonyl (C=O) groups excluding carboxylic acids is 1. The molecule has 19 heavy (non-hydrogen) atoms. The molecule has 0 aromatic heterocycles. The summed E-state index contributed by atoms with van der Waals surface area (Å²) >= 11 is 3.37. The molecule has 0 saturated heterocycles. The van der Waals surface area contributed by atoms with Crippen LogP contribution in [0.5, 0.6) is 0 Å². The van der Waals surface area contributed by atoms with Crippen LogP contribution in [0, 0.1) is 0 Å². The minimum absolute atomic E-state index is 0.0727. The van der Waals surface area contributed by atoms with Crippen LogP contribution in [0.25, 0.3) is 0 Å². The maximum atomic E-state index is 12.6. The Morgan fingerprint density at radius 2 is 1.95 bits per heavy atom. The van der Waals surface area contributed by atoms with Gasteiger partial charge in [0.1, 0.15) is 5.28 Å². The lowest BCUT2D eigenvalue weighted by atomic mass is 10.1. The van der Waals surface area contributed by atoms with Gasteiger partial charge in [-0.05, 0) is 24.1 Å². The number of carbonyl (C=O) groups is 1. The summed E-state index contributed by atoms with van der Waals surface area (Å²) in [5.74, 6) is -0.0727. The summed E-state index contributed by atoms with van der Waals surface area (Å²) in [4.78, 5) is 10.8. The first-order chi connectivity index (χ1) is 9.03. The van der Waals surface area contributed by atoms with Crippen LogP contribution in [-0.2, 0) is 18.4 Å². The number of rotatable bonds is 6. The van der Waals surface area contributed by atoms with Crippen LogP contribution in [0.1, 0.15) is 17.9 Å². The molecule has 1 fully saturated rings. The third kappa shape index (κ3) is 2.38. The molecular formula is C12H15BrNO4P. The second-order valence-corrected chi connectivity index (χ2v) is 7.80. The largest absolute Gasteiger partial charge is 0.355 e. The molecule has 1 N–H and O–H groups in total. The third-order valence-corrected chi connectivity index (χ3v) is 6.57. The van der Waals surface area contributed by atoms with Crippen molar-refractivity contribution in [2.75, 3.05) is 14.2 Å². The maximum absolute atomic E-state index is 12.6. The molecule has 2 atom stereocenters. The van der Waals surface area contributed by atoms with E-state index < -0.39 is 12.9 Å². The molecule has 7 heteroatoms. The topological polar surface area (TPSA) is 64.6 Å². The number of hydrogen-bond donors (Lipinski definition) is 1. The highest BCUT2D eigenvalue weighted by atomic mass is 79.9. The molecule has 1 saturated carbocycles. The molecule has 1 aliphatic carbocycles. The van der Waals surface area contributed by atoms with Gasteiger partial charge in [-0.3, -0.25) is 9.36 Å². The van der Waals surface area contributed by atoms with Crippen LogP contribution in [-0.4, -0.2) is 25.9 Å². The Morgan fingerprint density at radius 1 is 1.37 bits per heavy atom. The van der Waals surface area contributed by atoms with E-state index in [2.05, 4.69) is 21.2 Å². The first kappa shape index (κ1) is 14.7. The molecule has 0 heterocycles. The van der Waals surface area contributed by atoms with Gasteiger partial charge in [0.05, 0.1) is 0 Å². The van der Waals surface area contributed by atoms with Gasteiger partial charge in [-0.1, -0.05) is 28.1 Å². The van der Waals surface area contributed by atoms with Gasteiger partial charge in [-0.25, -0.2) is 0 Å². The van der Waals surface area contributed by atoms with E-state index in [9.17, 15) is 9.36 Å². The molecule has 1 aromatic rings. The zero-order valence-corrected chi connectivity index (χ0v) is 13.1. The van der Waals surface area contributed by atoms with Crippen LogP contribution >= 0.6 is 23.5 Å². The third-order valence-electron chi connectivity index (χ3n) is 3.48. The fourth-order valence-electron chi connectivity index (χ4n) is 2.38. The van der Waals surface area contributed by atoms with E-state index in [0.717, 1.165) is 10.0 Å². The summed E-state index contributed by atoms with van der Waals surface area (Å²) in [5.41, 5.74) is 0.992. The molecule has 104 valence electrons. The SMILES string of the molecule is COP(=O)(OC)[C@@]1(NC=O)C[C@H]1c1ccc(Br)cc1. The molecule has 0 spiro atoms. The van der Waals surface area contributed by atoms with Gasteiger partial charge in [0, 0.05) is 24.6 Å². The molecule has 2 rings (SSSR count). The Morgan fingerprint density at radius 3 is 2.42 bits per heavy atom. The summed E-state index contributed by atoms with van der Waals surface area (Å²) in [5, 5.41) is 1.68. The maximum Gasteiger partial charge on any atom is 0.355 e. The zero-order chi connectivity index (χ0) is 14.1. The van der Waals surface area contributed by atoms with Gasteiger partial charge in [0.2, 0.25) is 6.41 Å². The molecule has 1 aliphatic rings. The van der Waals surface area contributed by atoms with Crippen molar-refractivity contribution < 1.29 is 18.4 Å². The number of benzene rings is 1. The number of amides is 1. The number of nitrogens with one attached hydrogen (secondary N) is 1. The fourth-order valence-corrected chi connectivity index (χ4v) is 4.60. The van der Waals surface area contributed by atoms with Crippen LogP contribution in [0.15, 0.2) is 28.7 Å². The highest BCUT2D eigenvalue weighted by Gasteiger charge is 2.68. The smallest absolute Gasteiger partial charge is 0.342 e. The van der Waals surface area contributed by atoms with E-state index in [1.54, 1.807) is 0 Å². The van der Waals surface area contributed by atoms with E-state index >= 15 is 0 Å². The van der Waals surface area contributed by atoms with Crippen LogP contribution in [0.4, 0.5) is 0 Å². The minimum atomic E-state index is -3.38. The Bertz CT molecular complexity index is 513. The van der Waals surface area contributed by atoms with Crippen molar-refractivity contribution >= 4 is 29.9 Å². The quantitative estimate of drug-likeness (QED) is 0.634. The molecular weight excluding hydrogens is 333 g/mol. The molecule has 0 aliphatic heterocycles. The predicted molar refractivity (Wildman–Crippen MR) is 75.1 cm³/mol. The van der Waals surface area contributed by atoms with Crippen molar-refractivity contribution in [1.82, 2.24) is 5.32 Å². The average Bonchev–Trinajstić information content (AvgIpc) is 3.15. The van der Waals surface area contributed by atoms with E-state index in [1.165, 1.54) is 14.2 Å². The first-order valence-electron chi connectivity index (χ1n) is 5.71. The van der Waals surface area contributed by atoms with E-state index in [4.69, 9.17) is 9.05 Å². The summed E-state index contributed by atoms with van der Waals surface area (Å²) in [6.07, 6.45) is 1.08. The van der Waals surface area contributed by atoms with Gasteiger partial charge < -0.3 is 14.4 Å². The predicted octanol–water partition coefficient (Wildman–Crippen LogP) is 2.86. The number of halogens is 1. The van der Waals surface area contributed by atoms with E-state index in [1.807, 2.05) is 24.3 Å². The molecule has 0 radical (unpaired) electrons. The van der Waals surface area contributed by atoms with Gasteiger partial charge in [0.25, 0.3) is 0 Å². The fraction of sp³-hybridized carbons (Fsp3) is 0.417. The lowest BCUT2D eigenvalue weighted by molar-refractivity contribution is -0.110. The Labute approximate surface area is 120 Å². The first-order valence-corrected chi connectivity index (χ1v) is 8.05. The minimum Gasteiger partial charge on any atom is -0.342 e. The van der Waals surface area contributed by atoms with Crippen molar-refractivity contribution in [2.45, 2.75) is 17.6 Å². The van der Waals surface area contributed by atoms with Gasteiger partial charge in [-0.15, -0.1) is 0 Å². The van der Waals surface area contributed by atoms with Crippen LogP contribution < -0.4 is 5.32 Å². The summed E-state index contributed by atoms with van der Waals surface area (Å²) in [6.45, 7) is 0. The highest BCUT2D eigenvalue weighted by molar-refractivity contribution is 9.10. The molecule has 5 nitrogen and oxygen atoms in total. The van der Waals surface area contributed by atoms with Gasteiger partial charge in [-0.2, -0.15) is 0 Å². The van der Waals surface area contributed by atoms with Crippen molar-refractivity contribution in [2.24, 2.45) is 0 Å². The average molecular weight is 348 g/mol. The normalized spacial score (nSPS) is 25.9. The van der Waals surface area contributed by atoms with E-state index in [-0.39, 0.29) is 5.92 Å². The second kappa shape index (κ2) is 5.37. The Balaban J connectivity index is 2.33. The standard InChI is InChI=1S/C12H15BrNO4P/c1-17-19(16,18-2)12(14-8-15)7-11(12)9-3-5-10(13)6-4-9/h3-6,8,11H,7H2,1-2H3,(H,14,15)/t11-,12-/m0/s1. The molecule has 1 aromatic carbocycles. The van der Waals surface area contributed by atoms with Crippen LogP contribution in [0.3, 0.4) is 0 Å². The van der Waals surface area contributed by atoms with Crippen molar-refractivity contribution in [1.29, 1.82) is 0 Å². The van der Waals surface area contributed by atoms with Crippen molar-refractivity contribution in [3.05, 3.63) is 34.3 Å². The number of hydrogen-bond acceptors (Lipinski definition) is 4. The zero-order valence-electron chi connectivity index (χ0n) is 10.6. The summed E-state index contributed by atoms with van der Waals surface area (Å²) in [7, 11) is -0.719. The van der Waals surface area contributed by atoms with Gasteiger partial charge in [0.15, 0.2) is 0 Å². The summed E-state index contributed by atoms with van der Waals surface area (Å²) in [6, 6.07) is 7.67. The lowest BCUT2D eigenvalue weighted by Crippen LogP contribution is -2.33.